The van der Waals surface area contributed by atoms with Crippen molar-refractivity contribution in [2.24, 2.45) is 5.92 Å². The third-order valence-corrected chi connectivity index (χ3v) is 4.80. The van der Waals surface area contributed by atoms with Gasteiger partial charge in [-0.3, -0.25) is 9.59 Å². The van der Waals surface area contributed by atoms with Crippen LogP contribution in [0.3, 0.4) is 0 Å². The van der Waals surface area contributed by atoms with Gasteiger partial charge in [-0.1, -0.05) is 12.8 Å². The number of nitrogens with zero attached hydrogens (tertiary/aromatic N) is 1. The highest BCUT2D eigenvalue weighted by Gasteiger charge is 2.34. The number of hydrogen-bond acceptors (Lipinski definition) is 3. The Bertz CT molecular complexity index is 329. The van der Waals surface area contributed by atoms with Crippen LogP contribution in [0.25, 0.3) is 0 Å². The highest BCUT2D eigenvalue weighted by molar-refractivity contribution is 7.98. The summed E-state index contributed by atoms with van der Waals surface area (Å²) in [6.45, 7) is 1.36. The molecule has 1 saturated carbocycles. The fraction of sp³-hybridized carbons (Fsp3) is 0.857. The Balaban J connectivity index is 1.85. The van der Waals surface area contributed by atoms with Crippen LogP contribution in [0, 0.1) is 5.92 Å². The minimum atomic E-state index is 0.000145. The minimum Gasteiger partial charge on any atom is -0.355 e. The second-order valence-corrected chi connectivity index (χ2v) is 6.49. The zero-order valence-corrected chi connectivity index (χ0v) is 12.5. The third kappa shape index (κ3) is 3.88. The molecule has 0 aromatic rings. The van der Waals surface area contributed by atoms with Crippen LogP contribution in [0.15, 0.2) is 0 Å². The normalized spacial score (nSPS) is 24.8. The van der Waals surface area contributed by atoms with Crippen molar-refractivity contribution in [3.8, 4) is 0 Å². The molecule has 2 rings (SSSR count). The number of hydrogen-bond donors (Lipinski definition) is 1. The van der Waals surface area contributed by atoms with Gasteiger partial charge in [0, 0.05) is 31.3 Å². The summed E-state index contributed by atoms with van der Waals surface area (Å²) in [4.78, 5) is 26.1. The molecule has 108 valence electrons. The van der Waals surface area contributed by atoms with Crippen molar-refractivity contribution in [1.82, 2.24) is 10.2 Å². The molecule has 2 amide bonds. The Morgan fingerprint density at radius 3 is 2.79 bits per heavy atom. The molecular weight excluding hydrogens is 260 g/mol. The molecule has 0 aromatic heterocycles. The maximum absolute atomic E-state index is 12.1. The van der Waals surface area contributed by atoms with Gasteiger partial charge in [0.25, 0.3) is 0 Å². The summed E-state index contributed by atoms with van der Waals surface area (Å²) in [7, 11) is 0. The first-order valence-electron chi connectivity index (χ1n) is 7.28. The fourth-order valence-corrected chi connectivity index (χ4v) is 3.38. The van der Waals surface area contributed by atoms with Crippen molar-refractivity contribution in [3.05, 3.63) is 0 Å². The second-order valence-electron chi connectivity index (χ2n) is 5.50. The quantitative estimate of drug-likeness (QED) is 0.781. The van der Waals surface area contributed by atoms with Gasteiger partial charge in [0.2, 0.25) is 11.8 Å². The van der Waals surface area contributed by atoms with Gasteiger partial charge >= 0.3 is 0 Å². The van der Waals surface area contributed by atoms with Gasteiger partial charge in [-0.05, 0) is 25.5 Å². The molecule has 1 N–H and O–H groups in total. The van der Waals surface area contributed by atoms with Crippen LogP contribution in [-0.4, -0.2) is 47.9 Å². The smallest absolute Gasteiger partial charge is 0.224 e. The van der Waals surface area contributed by atoms with Gasteiger partial charge in [-0.25, -0.2) is 0 Å². The maximum Gasteiger partial charge on any atom is 0.224 e. The monoisotopic (exact) mass is 284 g/mol. The summed E-state index contributed by atoms with van der Waals surface area (Å²) >= 11 is 1.73. The van der Waals surface area contributed by atoms with E-state index in [0.717, 1.165) is 25.1 Å². The third-order valence-electron chi connectivity index (χ3n) is 4.19. The number of likely N-dealkylation sites (tertiary alicyclic amines) is 1. The van der Waals surface area contributed by atoms with E-state index in [9.17, 15) is 9.59 Å². The molecule has 0 aromatic carbocycles. The lowest BCUT2D eigenvalue weighted by Gasteiger charge is -2.36. The lowest BCUT2D eigenvalue weighted by molar-refractivity contribution is -0.140. The zero-order valence-electron chi connectivity index (χ0n) is 11.7. The van der Waals surface area contributed by atoms with Crippen molar-refractivity contribution in [2.45, 2.75) is 44.6 Å². The van der Waals surface area contributed by atoms with Gasteiger partial charge < -0.3 is 10.2 Å². The van der Waals surface area contributed by atoms with Crippen molar-refractivity contribution in [1.29, 1.82) is 0 Å². The molecule has 2 aliphatic rings. The second kappa shape index (κ2) is 7.17. The van der Waals surface area contributed by atoms with Crippen LogP contribution in [0.2, 0.25) is 0 Å². The molecule has 0 radical (unpaired) electrons. The van der Waals surface area contributed by atoms with Crippen LogP contribution in [0.1, 0.15) is 38.5 Å². The number of nitrogens with one attached hydrogen (secondary N) is 1. The molecule has 5 heteroatoms. The molecule has 1 heterocycles. The van der Waals surface area contributed by atoms with Crippen LogP contribution in [0.4, 0.5) is 0 Å². The number of piperidine rings is 1. The van der Waals surface area contributed by atoms with E-state index in [1.54, 1.807) is 11.8 Å². The molecule has 1 saturated heterocycles. The summed E-state index contributed by atoms with van der Waals surface area (Å²) in [6, 6.07) is 0.397. The van der Waals surface area contributed by atoms with Crippen LogP contribution in [-0.2, 0) is 9.59 Å². The van der Waals surface area contributed by atoms with Gasteiger partial charge in [0.1, 0.15) is 0 Å². The molecule has 0 spiro atoms. The molecule has 4 nitrogen and oxygen atoms in total. The number of carbonyl (C=O) groups excluding carboxylic acids is 2. The van der Waals surface area contributed by atoms with E-state index in [4.69, 9.17) is 0 Å². The number of rotatable bonds is 5. The van der Waals surface area contributed by atoms with Crippen molar-refractivity contribution < 1.29 is 9.59 Å². The lowest BCUT2D eigenvalue weighted by atomic mass is 9.95. The van der Waals surface area contributed by atoms with Crippen molar-refractivity contribution >= 4 is 23.6 Å². The first kappa shape index (κ1) is 14.7. The molecule has 0 unspecified atom stereocenters. The largest absolute Gasteiger partial charge is 0.355 e. The lowest BCUT2D eigenvalue weighted by Crippen LogP contribution is -2.49. The van der Waals surface area contributed by atoms with E-state index in [2.05, 4.69) is 5.32 Å². The predicted molar refractivity (Wildman–Crippen MR) is 78.1 cm³/mol. The first-order valence-corrected chi connectivity index (χ1v) is 8.68. The van der Waals surface area contributed by atoms with Crippen LogP contribution >= 0.6 is 11.8 Å². The number of amides is 2. The van der Waals surface area contributed by atoms with E-state index in [1.807, 2.05) is 11.2 Å². The summed E-state index contributed by atoms with van der Waals surface area (Å²) in [5, 5.41) is 2.98. The Labute approximate surface area is 119 Å². The molecule has 19 heavy (non-hydrogen) atoms. The standard InChI is InChI=1S/C14H24N2O2S/c1-19-9-8-15-14(18)11-6-7-13(17)16(10-11)12-4-2-3-5-12/h11-12H,2-10H2,1H3,(H,15,18)/t11-/m0/s1. The van der Waals surface area contributed by atoms with E-state index in [-0.39, 0.29) is 17.7 Å². The van der Waals surface area contributed by atoms with Gasteiger partial charge in [-0.2, -0.15) is 11.8 Å². The molecular formula is C14H24N2O2S. The van der Waals surface area contributed by atoms with Gasteiger partial charge in [-0.15, -0.1) is 0 Å². The van der Waals surface area contributed by atoms with Crippen molar-refractivity contribution in [2.75, 3.05) is 25.1 Å². The molecule has 1 atom stereocenters. The Kier molecular flexibility index (Phi) is 5.55. The fourth-order valence-electron chi connectivity index (χ4n) is 3.08. The Morgan fingerprint density at radius 1 is 1.37 bits per heavy atom. The Morgan fingerprint density at radius 2 is 2.11 bits per heavy atom. The predicted octanol–water partition coefficient (Wildman–Crippen LogP) is 1.65. The topological polar surface area (TPSA) is 49.4 Å². The van der Waals surface area contributed by atoms with Gasteiger partial charge in [0.05, 0.1) is 5.92 Å². The zero-order chi connectivity index (χ0) is 13.7. The molecule has 1 aliphatic carbocycles. The van der Waals surface area contributed by atoms with E-state index < -0.39 is 0 Å². The highest BCUT2D eigenvalue weighted by atomic mass is 32.2. The number of thioether (sulfide) groups is 1. The van der Waals surface area contributed by atoms with E-state index >= 15 is 0 Å². The average molecular weight is 284 g/mol. The molecule has 1 aliphatic heterocycles. The van der Waals surface area contributed by atoms with E-state index in [0.29, 0.717) is 25.4 Å². The van der Waals surface area contributed by atoms with Gasteiger partial charge in [0.15, 0.2) is 0 Å². The van der Waals surface area contributed by atoms with Crippen molar-refractivity contribution in [3.63, 3.8) is 0 Å². The summed E-state index contributed by atoms with van der Waals surface area (Å²) in [5.41, 5.74) is 0. The first-order chi connectivity index (χ1) is 9.22. The Hall–Kier alpha value is -0.710. The summed E-state index contributed by atoms with van der Waals surface area (Å²) in [6.07, 6.45) is 7.97. The molecule has 2 fully saturated rings. The SMILES string of the molecule is CSCCNC(=O)[C@H]1CCC(=O)N(C2CCCC2)C1. The summed E-state index contributed by atoms with van der Waals surface area (Å²) < 4.78 is 0. The van der Waals surface area contributed by atoms with Crippen LogP contribution < -0.4 is 5.32 Å². The average Bonchev–Trinajstić information content (AvgIpc) is 2.93. The summed E-state index contributed by atoms with van der Waals surface area (Å²) in [5.74, 6) is 1.33. The number of carbonyl (C=O) groups is 2. The maximum atomic E-state index is 12.1. The highest BCUT2D eigenvalue weighted by Crippen LogP contribution is 2.28. The molecule has 0 bridgehead atoms. The van der Waals surface area contributed by atoms with E-state index in [1.165, 1.54) is 12.8 Å². The minimum absolute atomic E-state index is 0.000145. The van der Waals surface area contributed by atoms with Crippen LogP contribution in [0.5, 0.6) is 0 Å².